The molecular weight excluding hydrogens is 602 g/mol. The maximum Gasteiger partial charge on any atom is 0.269 e. The van der Waals surface area contributed by atoms with Gasteiger partial charge in [0.05, 0.1) is 17.5 Å². The molecule has 1 heterocycles. The van der Waals surface area contributed by atoms with Gasteiger partial charge in [0.2, 0.25) is 5.91 Å². The minimum absolute atomic E-state index is 0.0917. The zero-order valence-corrected chi connectivity index (χ0v) is 24.1. The summed E-state index contributed by atoms with van der Waals surface area (Å²) in [4.78, 5) is 40.4. The molecule has 1 aromatic heterocycles. The number of fused-ring (bicyclic) bond motifs is 1. The summed E-state index contributed by atoms with van der Waals surface area (Å²) in [5, 5.41) is 16.8. The third-order valence-corrected chi connectivity index (χ3v) is 7.32. The van der Waals surface area contributed by atoms with Crippen molar-refractivity contribution >= 4 is 34.1 Å². The third-order valence-electron chi connectivity index (χ3n) is 7.32. The monoisotopic (exact) mass is 626 g/mol. The Bertz CT molecular complexity index is 1980. The van der Waals surface area contributed by atoms with Crippen molar-refractivity contribution in [2.24, 2.45) is 0 Å². The first-order chi connectivity index (χ1) is 22.1. The van der Waals surface area contributed by atoms with E-state index in [1.807, 2.05) is 0 Å². The Balaban J connectivity index is 1.18. The number of nitrogens with one attached hydrogen (secondary N) is 2. The van der Waals surface area contributed by atoms with E-state index in [4.69, 9.17) is 14.2 Å². The van der Waals surface area contributed by atoms with E-state index >= 15 is 4.39 Å². The quantitative estimate of drug-likeness (QED) is 0.126. The average Bonchev–Trinajstić information content (AvgIpc) is 3.83. The predicted molar refractivity (Wildman–Crippen MR) is 162 cm³/mol. The van der Waals surface area contributed by atoms with E-state index in [0.717, 1.165) is 18.2 Å². The molecule has 1 aliphatic carbocycles. The third kappa shape index (κ3) is 6.24. The number of anilines is 1. The van der Waals surface area contributed by atoms with Crippen LogP contribution in [0.25, 0.3) is 10.9 Å². The summed E-state index contributed by atoms with van der Waals surface area (Å²) in [6.45, 7) is 0. The number of amides is 2. The molecule has 1 aliphatic rings. The van der Waals surface area contributed by atoms with Crippen molar-refractivity contribution < 1.29 is 37.5 Å². The van der Waals surface area contributed by atoms with E-state index in [2.05, 4.69) is 15.6 Å². The van der Waals surface area contributed by atoms with Gasteiger partial charge < -0.3 is 24.8 Å². The van der Waals surface area contributed by atoms with Crippen LogP contribution in [0.5, 0.6) is 28.7 Å². The highest BCUT2D eigenvalue weighted by molar-refractivity contribution is 6.05. The van der Waals surface area contributed by atoms with E-state index in [1.54, 1.807) is 18.2 Å². The molecule has 13 heteroatoms. The number of halogens is 2. The van der Waals surface area contributed by atoms with Crippen LogP contribution in [-0.4, -0.2) is 34.4 Å². The second kappa shape index (κ2) is 12.1. The predicted octanol–water partition coefficient (Wildman–Crippen LogP) is 6.92. The molecule has 2 N–H and O–H groups in total. The largest absolute Gasteiger partial charge is 0.493 e. The fraction of sp³-hybridized carbons (Fsp3) is 0.121. The van der Waals surface area contributed by atoms with E-state index in [0.29, 0.717) is 35.2 Å². The molecule has 0 aliphatic heterocycles. The van der Waals surface area contributed by atoms with Gasteiger partial charge in [-0.25, -0.2) is 8.78 Å². The Kier molecular flexibility index (Phi) is 7.88. The van der Waals surface area contributed by atoms with Crippen molar-refractivity contribution in [2.75, 3.05) is 12.4 Å². The van der Waals surface area contributed by atoms with Gasteiger partial charge in [-0.3, -0.25) is 24.7 Å². The first kappa shape index (κ1) is 29.9. The number of carbonyl (C=O) groups excluding carboxylic acids is 2. The van der Waals surface area contributed by atoms with Crippen LogP contribution in [0.3, 0.4) is 0 Å². The summed E-state index contributed by atoms with van der Waals surface area (Å²) in [6, 6.07) is 19.1. The van der Waals surface area contributed by atoms with Crippen molar-refractivity contribution in [2.45, 2.75) is 18.4 Å². The van der Waals surface area contributed by atoms with Crippen molar-refractivity contribution in [3.05, 3.63) is 118 Å². The zero-order chi connectivity index (χ0) is 32.4. The van der Waals surface area contributed by atoms with Crippen molar-refractivity contribution in [1.29, 1.82) is 0 Å². The molecule has 4 aromatic carbocycles. The zero-order valence-electron chi connectivity index (χ0n) is 24.1. The number of hydrogen-bond donors (Lipinski definition) is 2. The molecule has 232 valence electrons. The summed E-state index contributed by atoms with van der Waals surface area (Å²) in [7, 11) is 1.45. The van der Waals surface area contributed by atoms with Gasteiger partial charge in [0, 0.05) is 47.1 Å². The summed E-state index contributed by atoms with van der Waals surface area (Å²) in [5.41, 5.74) is -0.416. The van der Waals surface area contributed by atoms with Gasteiger partial charge in [-0.15, -0.1) is 0 Å². The van der Waals surface area contributed by atoms with Crippen LogP contribution in [-0.2, 0) is 4.79 Å². The number of nitro groups is 1. The Hall–Kier alpha value is -6.11. The molecule has 0 spiro atoms. The second-order valence-electron chi connectivity index (χ2n) is 10.4. The highest BCUT2D eigenvalue weighted by Gasteiger charge is 2.51. The lowest BCUT2D eigenvalue weighted by molar-refractivity contribution is -0.384. The molecule has 0 unspecified atom stereocenters. The lowest BCUT2D eigenvalue weighted by Gasteiger charge is -2.18. The molecule has 2 amide bonds. The number of ether oxygens (including phenoxy) is 3. The number of methoxy groups -OCH3 is 1. The fourth-order valence-corrected chi connectivity index (χ4v) is 4.67. The number of nitrogens with zero attached hydrogens (tertiary/aromatic N) is 2. The van der Waals surface area contributed by atoms with Crippen LogP contribution in [0, 0.1) is 21.7 Å². The SMILES string of the molecule is COc1cc2nccc(Oc3ccc(NC(=O)C4(NC(=O)c5ccc(F)cc5)CC4)cc3F)c2cc1Oc1ccc([N+](=O)[O-])cc1. The average molecular weight is 627 g/mol. The number of rotatable bonds is 10. The van der Waals surface area contributed by atoms with Crippen molar-refractivity contribution in [3.63, 3.8) is 0 Å². The van der Waals surface area contributed by atoms with Crippen molar-refractivity contribution in [1.82, 2.24) is 10.3 Å². The van der Waals surface area contributed by atoms with Gasteiger partial charge in [-0.2, -0.15) is 0 Å². The molecule has 1 fully saturated rings. The lowest BCUT2D eigenvalue weighted by Crippen LogP contribution is -2.46. The first-order valence-corrected chi connectivity index (χ1v) is 13.9. The maximum atomic E-state index is 15.3. The topological polar surface area (TPSA) is 142 Å². The van der Waals surface area contributed by atoms with Gasteiger partial charge in [-0.05, 0) is 73.5 Å². The Morgan fingerprint density at radius 2 is 1.61 bits per heavy atom. The highest BCUT2D eigenvalue weighted by Crippen LogP contribution is 2.40. The number of pyridine rings is 1. The Morgan fingerprint density at radius 3 is 2.26 bits per heavy atom. The minimum Gasteiger partial charge on any atom is -0.493 e. The van der Waals surface area contributed by atoms with E-state index < -0.39 is 33.9 Å². The van der Waals surface area contributed by atoms with Crippen LogP contribution < -0.4 is 24.8 Å². The van der Waals surface area contributed by atoms with Crippen LogP contribution in [0.1, 0.15) is 23.2 Å². The van der Waals surface area contributed by atoms with Gasteiger partial charge >= 0.3 is 0 Å². The normalized spacial score (nSPS) is 13.0. The van der Waals surface area contributed by atoms with Crippen molar-refractivity contribution in [3.8, 4) is 28.7 Å². The van der Waals surface area contributed by atoms with E-state index in [9.17, 15) is 24.1 Å². The second-order valence-corrected chi connectivity index (χ2v) is 10.4. The van der Waals surface area contributed by atoms with E-state index in [-0.39, 0.29) is 34.2 Å². The van der Waals surface area contributed by atoms with Crippen LogP contribution in [0.4, 0.5) is 20.2 Å². The molecule has 6 rings (SSSR count). The molecule has 0 atom stereocenters. The molecule has 5 aromatic rings. The summed E-state index contributed by atoms with van der Waals surface area (Å²) >= 11 is 0. The van der Waals surface area contributed by atoms with Gasteiger partial charge in [0.15, 0.2) is 23.1 Å². The summed E-state index contributed by atoms with van der Waals surface area (Å²) in [5.74, 6) is -1.25. The number of hydrogen-bond acceptors (Lipinski definition) is 8. The lowest BCUT2D eigenvalue weighted by atomic mass is 10.1. The molecular formula is C33H24F2N4O7. The Labute approximate surface area is 259 Å². The Morgan fingerprint density at radius 1 is 0.870 bits per heavy atom. The van der Waals surface area contributed by atoms with Crippen LogP contribution >= 0.6 is 0 Å². The molecule has 11 nitrogen and oxygen atoms in total. The molecule has 0 saturated heterocycles. The number of aromatic nitrogens is 1. The number of nitro benzene ring substituents is 1. The van der Waals surface area contributed by atoms with Gasteiger partial charge in [-0.1, -0.05) is 0 Å². The summed E-state index contributed by atoms with van der Waals surface area (Å²) < 4.78 is 45.7. The molecule has 1 saturated carbocycles. The number of non-ortho nitro benzene ring substituents is 1. The molecule has 46 heavy (non-hydrogen) atoms. The summed E-state index contributed by atoms with van der Waals surface area (Å²) in [6.07, 6.45) is 2.27. The molecule has 0 radical (unpaired) electrons. The minimum atomic E-state index is -1.15. The van der Waals surface area contributed by atoms with E-state index in [1.165, 1.54) is 61.8 Å². The smallest absolute Gasteiger partial charge is 0.269 e. The van der Waals surface area contributed by atoms with Gasteiger partial charge in [0.1, 0.15) is 22.9 Å². The molecule has 0 bridgehead atoms. The number of benzene rings is 4. The van der Waals surface area contributed by atoms with Gasteiger partial charge in [0.25, 0.3) is 11.6 Å². The highest BCUT2D eigenvalue weighted by atomic mass is 19.1. The standard InChI is InChI=1S/C33H24F2N4O7/c1-44-29-18-26-24(17-30(29)45-23-9-7-22(8-10-23)39(42)43)27(12-15-36-26)46-28-11-6-21(16-25(28)35)37-32(41)33(13-14-33)38-31(40)19-2-4-20(34)5-3-19/h2-12,15-18H,13-14H2,1H3,(H,37,41)(H,38,40). The van der Waals surface area contributed by atoms with Crippen LogP contribution in [0.2, 0.25) is 0 Å². The first-order valence-electron chi connectivity index (χ1n) is 13.9. The van der Waals surface area contributed by atoms with Crippen LogP contribution in [0.15, 0.2) is 91.1 Å². The fourth-order valence-electron chi connectivity index (χ4n) is 4.67. The number of carbonyl (C=O) groups is 2. The maximum absolute atomic E-state index is 15.3.